The van der Waals surface area contributed by atoms with Crippen LogP contribution in [0.4, 0.5) is 0 Å². The molecule has 0 saturated carbocycles. The molecule has 37 heavy (non-hydrogen) atoms. The molecule has 0 fully saturated rings. The Labute approximate surface area is 219 Å². The molecule has 1 aliphatic rings. The fourth-order valence-electron chi connectivity index (χ4n) is 4.25. The van der Waals surface area contributed by atoms with Crippen LogP contribution < -0.4 is 10.8 Å². The van der Waals surface area contributed by atoms with Crippen molar-refractivity contribution >= 4 is 35.4 Å². The van der Waals surface area contributed by atoms with Gasteiger partial charge in [-0.1, -0.05) is 97.1 Å². The van der Waals surface area contributed by atoms with Crippen LogP contribution in [0.5, 0.6) is 0 Å². The summed E-state index contributed by atoms with van der Waals surface area (Å²) in [7, 11) is 0.394. The molecule has 4 aromatic carbocycles. The van der Waals surface area contributed by atoms with E-state index in [1.807, 2.05) is 74.5 Å². The van der Waals surface area contributed by atoms with Crippen molar-refractivity contribution in [1.29, 1.82) is 0 Å². The molecule has 0 spiro atoms. The molecule has 1 atom stereocenters. The van der Waals surface area contributed by atoms with Gasteiger partial charge in [0.2, 0.25) is 0 Å². The van der Waals surface area contributed by atoms with E-state index in [1.165, 1.54) is 0 Å². The number of aliphatic imine (C=N–C) groups is 2. The summed E-state index contributed by atoms with van der Waals surface area (Å²) in [5, 5.41) is 16.3. The first-order valence-corrected chi connectivity index (χ1v) is 12.6. The summed E-state index contributed by atoms with van der Waals surface area (Å²) < 4.78 is 6.21. The third-order valence-electron chi connectivity index (χ3n) is 7.23. The third-order valence-corrected chi connectivity index (χ3v) is 7.23. The summed E-state index contributed by atoms with van der Waals surface area (Å²) in [6.45, 7) is 7.38. The second kappa shape index (κ2) is 9.96. The van der Waals surface area contributed by atoms with Gasteiger partial charge in [0.25, 0.3) is 0 Å². The van der Waals surface area contributed by atoms with E-state index in [0.29, 0.717) is 13.3 Å². The SMILES string of the molecule is CC(C)(O)C(C)(C)OBc1ccc(C2N=C(c3ccccc3)N=C(c3ccccc3)N2)c2ccccc12. The Morgan fingerprint density at radius 1 is 0.757 bits per heavy atom. The first-order valence-electron chi connectivity index (χ1n) is 12.6. The van der Waals surface area contributed by atoms with Crippen molar-refractivity contribution in [3.05, 3.63) is 114 Å². The maximum Gasteiger partial charge on any atom is 0.310 e. The van der Waals surface area contributed by atoms with Gasteiger partial charge in [-0.15, -0.1) is 0 Å². The number of benzene rings is 4. The van der Waals surface area contributed by atoms with Gasteiger partial charge in [-0.2, -0.15) is 0 Å². The van der Waals surface area contributed by atoms with Crippen molar-refractivity contribution in [3.8, 4) is 0 Å². The van der Waals surface area contributed by atoms with Crippen molar-refractivity contribution in [3.63, 3.8) is 0 Å². The molecule has 5 rings (SSSR count). The van der Waals surface area contributed by atoms with Crippen molar-refractivity contribution in [2.75, 3.05) is 0 Å². The second-order valence-electron chi connectivity index (χ2n) is 10.4. The quantitative estimate of drug-likeness (QED) is 0.364. The molecule has 0 saturated heterocycles. The van der Waals surface area contributed by atoms with E-state index in [-0.39, 0.29) is 6.17 Å². The van der Waals surface area contributed by atoms with Crippen LogP contribution in [-0.4, -0.2) is 35.5 Å². The molecule has 2 N–H and O–H groups in total. The normalized spacial score (nSPS) is 16.1. The Morgan fingerprint density at radius 2 is 1.35 bits per heavy atom. The molecule has 186 valence electrons. The molecule has 0 radical (unpaired) electrons. The number of aliphatic hydroxyl groups is 1. The number of amidine groups is 2. The van der Waals surface area contributed by atoms with Gasteiger partial charge in [0, 0.05) is 16.7 Å². The average molecular weight is 489 g/mol. The zero-order valence-corrected chi connectivity index (χ0v) is 21.8. The van der Waals surface area contributed by atoms with Crippen LogP contribution in [0.3, 0.4) is 0 Å². The smallest absolute Gasteiger partial charge is 0.310 e. The molecule has 0 aliphatic carbocycles. The highest BCUT2D eigenvalue weighted by Crippen LogP contribution is 2.29. The molecular formula is C31H32BN3O2. The Bertz CT molecular complexity index is 1460. The highest BCUT2D eigenvalue weighted by Gasteiger charge is 2.36. The summed E-state index contributed by atoms with van der Waals surface area (Å²) in [5.74, 6) is 1.49. The Balaban J connectivity index is 1.55. The van der Waals surface area contributed by atoms with Gasteiger partial charge in [0.05, 0.1) is 11.2 Å². The van der Waals surface area contributed by atoms with Crippen LogP contribution >= 0.6 is 0 Å². The molecular weight excluding hydrogens is 457 g/mol. The van der Waals surface area contributed by atoms with Gasteiger partial charge in [-0.3, -0.25) is 0 Å². The van der Waals surface area contributed by atoms with Crippen molar-refractivity contribution in [2.45, 2.75) is 45.1 Å². The third kappa shape index (κ3) is 5.22. The topological polar surface area (TPSA) is 66.2 Å². The lowest BCUT2D eigenvalue weighted by molar-refractivity contribution is -0.0893. The highest BCUT2D eigenvalue weighted by atomic mass is 16.5. The zero-order chi connectivity index (χ0) is 26.0. The lowest BCUT2D eigenvalue weighted by Crippen LogP contribution is -2.49. The fourth-order valence-corrected chi connectivity index (χ4v) is 4.25. The van der Waals surface area contributed by atoms with Crippen molar-refractivity contribution in [1.82, 2.24) is 5.32 Å². The standard InChI is InChI=1S/C31H32BN3O2/c1-30(2,36)31(3,4)37-32-26-20-19-25(23-17-11-12-18-24(23)26)29-34-27(21-13-7-5-8-14-21)33-28(35-29)22-15-9-6-10-16-22/h5-20,29,32,36H,1-4H3,(H,33,34,35). The van der Waals surface area contributed by atoms with E-state index in [9.17, 15) is 5.11 Å². The van der Waals surface area contributed by atoms with Gasteiger partial charge in [0.1, 0.15) is 12.0 Å². The predicted molar refractivity (Wildman–Crippen MR) is 154 cm³/mol. The molecule has 1 unspecified atom stereocenters. The molecule has 0 bridgehead atoms. The molecule has 5 nitrogen and oxygen atoms in total. The summed E-state index contributed by atoms with van der Waals surface area (Å²) in [5.41, 5.74) is 2.46. The maximum absolute atomic E-state index is 10.5. The van der Waals surface area contributed by atoms with Gasteiger partial charge in [-0.25, -0.2) is 9.98 Å². The largest absolute Gasteiger partial charge is 0.427 e. The van der Waals surface area contributed by atoms with Gasteiger partial charge in [-0.05, 0) is 43.9 Å². The summed E-state index contributed by atoms with van der Waals surface area (Å²) in [4.78, 5) is 9.94. The van der Waals surface area contributed by atoms with E-state index < -0.39 is 11.2 Å². The van der Waals surface area contributed by atoms with E-state index in [1.54, 1.807) is 13.8 Å². The van der Waals surface area contributed by atoms with E-state index in [4.69, 9.17) is 14.6 Å². The predicted octanol–water partition coefficient (Wildman–Crippen LogP) is 4.88. The van der Waals surface area contributed by atoms with Crippen LogP contribution in [0.1, 0.15) is 50.6 Å². The lowest BCUT2D eigenvalue weighted by atomic mass is 9.79. The number of hydrogen-bond acceptors (Lipinski definition) is 5. The molecule has 0 amide bonds. The van der Waals surface area contributed by atoms with Crippen LogP contribution in [0.25, 0.3) is 10.8 Å². The molecule has 4 aromatic rings. The van der Waals surface area contributed by atoms with E-state index >= 15 is 0 Å². The number of nitrogens with zero attached hydrogens (tertiary/aromatic N) is 2. The summed E-state index contributed by atoms with van der Waals surface area (Å²) in [6, 6.07) is 32.8. The van der Waals surface area contributed by atoms with Gasteiger partial charge >= 0.3 is 7.48 Å². The van der Waals surface area contributed by atoms with Crippen molar-refractivity contribution < 1.29 is 9.76 Å². The van der Waals surface area contributed by atoms with Crippen LogP contribution in [0.2, 0.25) is 0 Å². The summed E-state index contributed by atoms with van der Waals surface area (Å²) >= 11 is 0. The lowest BCUT2D eigenvalue weighted by Gasteiger charge is -2.37. The monoisotopic (exact) mass is 489 g/mol. The van der Waals surface area contributed by atoms with Crippen molar-refractivity contribution in [2.24, 2.45) is 9.98 Å². The first-order chi connectivity index (χ1) is 17.7. The van der Waals surface area contributed by atoms with E-state index in [0.717, 1.165) is 38.8 Å². The number of fused-ring (bicyclic) bond motifs is 1. The van der Waals surface area contributed by atoms with Gasteiger partial charge in [0.15, 0.2) is 5.84 Å². The average Bonchev–Trinajstić information content (AvgIpc) is 2.92. The number of rotatable bonds is 7. The van der Waals surface area contributed by atoms with Crippen LogP contribution in [0.15, 0.2) is 107 Å². The Morgan fingerprint density at radius 3 is 2.00 bits per heavy atom. The van der Waals surface area contributed by atoms with E-state index in [2.05, 4.69) is 41.7 Å². The molecule has 6 heteroatoms. The molecule has 1 aliphatic heterocycles. The summed E-state index contributed by atoms with van der Waals surface area (Å²) in [6.07, 6.45) is -0.310. The van der Waals surface area contributed by atoms with Crippen LogP contribution in [-0.2, 0) is 4.65 Å². The number of hydrogen-bond donors (Lipinski definition) is 2. The first kappa shape index (κ1) is 24.9. The Kier molecular flexibility index (Phi) is 6.71. The molecule has 0 aromatic heterocycles. The minimum atomic E-state index is -0.968. The van der Waals surface area contributed by atoms with Crippen LogP contribution in [0, 0.1) is 0 Å². The second-order valence-corrected chi connectivity index (χ2v) is 10.4. The minimum Gasteiger partial charge on any atom is -0.427 e. The van der Waals surface area contributed by atoms with Gasteiger partial charge < -0.3 is 15.1 Å². The minimum absolute atomic E-state index is 0.310. The molecule has 1 heterocycles. The fraction of sp³-hybridized carbons (Fsp3) is 0.226. The highest BCUT2D eigenvalue weighted by molar-refractivity contribution is 6.51. The number of nitrogens with one attached hydrogen (secondary N) is 1. The Hall–Kier alpha value is -3.74. The maximum atomic E-state index is 10.5. The zero-order valence-electron chi connectivity index (χ0n) is 21.8.